The molecule has 0 aliphatic carbocycles. The van der Waals surface area contributed by atoms with E-state index < -0.39 is 0 Å². The number of rotatable bonds is 0. The average molecular weight is 82.1 g/mol. The Morgan fingerprint density at radius 3 is 3.00 bits per heavy atom. The van der Waals surface area contributed by atoms with Gasteiger partial charge in [-0.05, 0) is 0 Å². The summed E-state index contributed by atoms with van der Waals surface area (Å²) in [6.45, 7) is 0.431. The quantitative estimate of drug-likeness (QED) is 0.426. The van der Waals surface area contributed by atoms with E-state index >= 15 is 0 Å². The van der Waals surface area contributed by atoms with E-state index in [9.17, 15) is 4.79 Å². The van der Waals surface area contributed by atoms with Crippen LogP contribution >= 0.6 is 0 Å². The van der Waals surface area contributed by atoms with Crippen LogP contribution in [0.3, 0.4) is 0 Å². The number of nitrogens with one attached hydrogen (secondary N) is 1. The predicted octanol–water partition coefficient (Wildman–Crippen LogP) is -0.524. The molecule has 0 bridgehead atoms. The molecular weight excluding hydrogens is 78.0 g/mol. The molecule has 6 heavy (non-hydrogen) atoms. The minimum atomic E-state index is 0.0370. The number of ketones is 1. The lowest BCUT2D eigenvalue weighted by Crippen LogP contribution is -2.06. The Morgan fingerprint density at radius 1 is 2.00 bits per heavy atom. The SMILES string of the molecule is O=C1[C]=CNC1. The van der Waals surface area contributed by atoms with Gasteiger partial charge in [-0.25, -0.2) is 0 Å². The van der Waals surface area contributed by atoms with Crippen LogP contribution in [0.2, 0.25) is 0 Å². The normalized spacial score (nSPS) is 18.3. The molecule has 0 aromatic rings. The Kier molecular flexibility index (Phi) is 0.638. The third kappa shape index (κ3) is 0.407. The number of carbonyl (C=O) groups is 1. The Bertz CT molecular complexity index is 95.7. The van der Waals surface area contributed by atoms with E-state index in [2.05, 4.69) is 11.4 Å². The van der Waals surface area contributed by atoms with Crippen LogP contribution in [0.1, 0.15) is 0 Å². The van der Waals surface area contributed by atoms with E-state index in [1.807, 2.05) is 0 Å². The highest BCUT2D eigenvalue weighted by Gasteiger charge is 1.98. The second-order valence-electron chi connectivity index (χ2n) is 1.09. The van der Waals surface area contributed by atoms with Crippen LogP contribution in [0, 0.1) is 6.08 Å². The highest BCUT2D eigenvalue weighted by Crippen LogP contribution is 1.77. The molecule has 1 aliphatic rings. The van der Waals surface area contributed by atoms with Crippen LogP contribution in [-0.4, -0.2) is 12.3 Å². The maximum atomic E-state index is 10.0. The molecule has 0 aromatic heterocycles. The highest BCUT2D eigenvalue weighted by molar-refractivity contribution is 5.89. The van der Waals surface area contributed by atoms with Crippen molar-refractivity contribution in [3.63, 3.8) is 0 Å². The maximum Gasteiger partial charge on any atom is 0.184 e. The fraction of sp³-hybridized carbons (Fsp3) is 0.250. The molecule has 1 rings (SSSR count). The van der Waals surface area contributed by atoms with Crippen molar-refractivity contribution in [1.29, 1.82) is 0 Å². The first-order valence-corrected chi connectivity index (χ1v) is 1.74. The van der Waals surface area contributed by atoms with E-state index in [0.717, 1.165) is 0 Å². The Hall–Kier alpha value is -0.790. The average Bonchev–Trinajstić information content (AvgIpc) is 1.86. The third-order valence-corrected chi connectivity index (χ3v) is 0.598. The van der Waals surface area contributed by atoms with Crippen LogP contribution < -0.4 is 5.32 Å². The molecular formula is C4H4NO. The molecule has 31 valence electrons. The van der Waals surface area contributed by atoms with Gasteiger partial charge in [0.25, 0.3) is 0 Å². The van der Waals surface area contributed by atoms with Gasteiger partial charge < -0.3 is 5.32 Å². The fourth-order valence-electron chi connectivity index (χ4n) is 0.326. The van der Waals surface area contributed by atoms with E-state index in [4.69, 9.17) is 0 Å². The number of hydrogen-bond acceptors (Lipinski definition) is 2. The molecule has 1 radical (unpaired) electrons. The van der Waals surface area contributed by atoms with Gasteiger partial charge in [0.2, 0.25) is 0 Å². The molecule has 0 aromatic carbocycles. The fourth-order valence-corrected chi connectivity index (χ4v) is 0.326. The van der Waals surface area contributed by atoms with Gasteiger partial charge in [-0.1, -0.05) is 0 Å². The third-order valence-electron chi connectivity index (χ3n) is 0.598. The number of Topliss-reactive ketones (excluding diaryl/α,β-unsaturated/α-hetero) is 1. The van der Waals surface area contributed by atoms with Crippen LogP contribution in [0.4, 0.5) is 0 Å². The van der Waals surface area contributed by atoms with Gasteiger partial charge in [-0.2, -0.15) is 0 Å². The van der Waals surface area contributed by atoms with Gasteiger partial charge >= 0.3 is 0 Å². The summed E-state index contributed by atoms with van der Waals surface area (Å²) in [6.07, 6.45) is 3.97. The molecule has 2 heteroatoms. The van der Waals surface area contributed by atoms with Gasteiger partial charge in [0.1, 0.15) is 0 Å². The van der Waals surface area contributed by atoms with Gasteiger partial charge in [0, 0.05) is 12.3 Å². The summed E-state index contributed by atoms with van der Waals surface area (Å²) >= 11 is 0. The van der Waals surface area contributed by atoms with Gasteiger partial charge in [-0.15, -0.1) is 0 Å². The topological polar surface area (TPSA) is 29.1 Å². The van der Waals surface area contributed by atoms with Crippen molar-refractivity contribution in [2.24, 2.45) is 0 Å². The minimum absolute atomic E-state index is 0.0370. The molecule has 0 saturated heterocycles. The van der Waals surface area contributed by atoms with Crippen molar-refractivity contribution in [3.8, 4) is 0 Å². The maximum absolute atomic E-state index is 10.0. The molecule has 0 atom stereocenters. The molecule has 1 heterocycles. The molecule has 2 nitrogen and oxygen atoms in total. The summed E-state index contributed by atoms with van der Waals surface area (Å²) in [7, 11) is 0. The van der Waals surface area contributed by atoms with Gasteiger partial charge in [0.05, 0.1) is 6.54 Å². The lowest BCUT2D eigenvalue weighted by molar-refractivity contribution is -0.113. The first-order chi connectivity index (χ1) is 2.89. The summed E-state index contributed by atoms with van der Waals surface area (Å²) in [5.74, 6) is 0.0370. The van der Waals surface area contributed by atoms with Crippen molar-refractivity contribution in [2.75, 3.05) is 6.54 Å². The van der Waals surface area contributed by atoms with E-state index in [-0.39, 0.29) is 5.78 Å². The van der Waals surface area contributed by atoms with Crippen LogP contribution in [0.25, 0.3) is 0 Å². The zero-order chi connectivity index (χ0) is 4.41. The second-order valence-corrected chi connectivity index (χ2v) is 1.09. The van der Waals surface area contributed by atoms with E-state index in [0.29, 0.717) is 6.54 Å². The van der Waals surface area contributed by atoms with Crippen molar-refractivity contribution >= 4 is 5.78 Å². The van der Waals surface area contributed by atoms with Crippen molar-refractivity contribution < 1.29 is 4.79 Å². The first-order valence-electron chi connectivity index (χ1n) is 1.74. The molecule has 0 unspecified atom stereocenters. The zero-order valence-corrected chi connectivity index (χ0v) is 3.19. The standard InChI is InChI=1S/C4H4NO/c6-4-1-2-5-3-4/h2,5H,3H2. The Morgan fingerprint density at radius 2 is 2.83 bits per heavy atom. The van der Waals surface area contributed by atoms with Crippen molar-refractivity contribution in [1.82, 2.24) is 5.32 Å². The van der Waals surface area contributed by atoms with E-state index in [1.54, 1.807) is 0 Å². The Balaban J connectivity index is 2.59. The predicted molar refractivity (Wildman–Crippen MR) is 20.8 cm³/mol. The largest absolute Gasteiger partial charge is 0.383 e. The first kappa shape index (κ1) is 3.40. The molecule has 0 spiro atoms. The Labute approximate surface area is 35.9 Å². The van der Waals surface area contributed by atoms with Crippen LogP contribution in [0.5, 0.6) is 0 Å². The molecule has 0 fully saturated rings. The number of carbonyl (C=O) groups excluding carboxylic acids is 1. The number of hydrogen-bond donors (Lipinski definition) is 1. The van der Waals surface area contributed by atoms with Crippen LogP contribution in [0.15, 0.2) is 6.20 Å². The molecule has 0 saturated carbocycles. The molecule has 1 N–H and O–H groups in total. The highest BCUT2D eigenvalue weighted by atomic mass is 16.1. The molecule has 0 amide bonds. The lowest BCUT2D eigenvalue weighted by atomic mass is 10.4. The lowest BCUT2D eigenvalue weighted by Gasteiger charge is -1.77. The second kappa shape index (κ2) is 1.12. The van der Waals surface area contributed by atoms with Crippen LogP contribution in [-0.2, 0) is 4.79 Å². The minimum Gasteiger partial charge on any atom is -0.383 e. The van der Waals surface area contributed by atoms with Gasteiger partial charge in [-0.3, -0.25) is 4.79 Å². The molecule has 1 aliphatic heterocycles. The van der Waals surface area contributed by atoms with Crippen molar-refractivity contribution in [2.45, 2.75) is 0 Å². The summed E-state index contributed by atoms with van der Waals surface area (Å²) in [5.41, 5.74) is 0. The van der Waals surface area contributed by atoms with E-state index in [1.165, 1.54) is 6.20 Å². The summed E-state index contributed by atoms with van der Waals surface area (Å²) < 4.78 is 0. The monoisotopic (exact) mass is 82.0 g/mol. The zero-order valence-electron chi connectivity index (χ0n) is 3.19. The van der Waals surface area contributed by atoms with Gasteiger partial charge in [0.15, 0.2) is 5.78 Å². The summed E-state index contributed by atoms with van der Waals surface area (Å²) in [4.78, 5) is 10.0. The van der Waals surface area contributed by atoms with Crippen molar-refractivity contribution in [3.05, 3.63) is 12.3 Å². The smallest absolute Gasteiger partial charge is 0.184 e. The summed E-state index contributed by atoms with van der Waals surface area (Å²) in [6, 6.07) is 0. The summed E-state index contributed by atoms with van der Waals surface area (Å²) in [5, 5.41) is 2.69.